The molecule has 106 valence electrons. The molecule has 0 bridgehead atoms. The van der Waals surface area contributed by atoms with Crippen molar-refractivity contribution in [3.63, 3.8) is 0 Å². The van der Waals surface area contributed by atoms with Crippen LogP contribution in [-0.2, 0) is 14.3 Å². The van der Waals surface area contributed by atoms with Crippen LogP contribution in [0.3, 0.4) is 0 Å². The molecule has 18 heavy (non-hydrogen) atoms. The number of carbonyl (C=O) groups is 1. The lowest BCUT2D eigenvalue weighted by Crippen LogP contribution is -2.47. The van der Waals surface area contributed by atoms with Gasteiger partial charge in [0.05, 0.1) is 12.7 Å². The lowest BCUT2D eigenvalue weighted by atomic mass is 9.99. The summed E-state index contributed by atoms with van der Waals surface area (Å²) in [6.45, 7) is 2.79. The van der Waals surface area contributed by atoms with Crippen molar-refractivity contribution in [2.24, 2.45) is 5.73 Å². The Kier molecular flexibility index (Phi) is 4.61. The van der Waals surface area contributed by atoms with Crippen LogP contribution in [0.15, 0.2) is 0 Å². The molecular formula is C11H18F3NO3. The molecule has 2 N–H and O–H groups in total. The Hall–Kier alpha value is -0.820. The lowest BCUT2D eigenvalue weighted by Gasteiger charge is -2.23. The second-order valence-electron chi connectivity index (χ2n) is 4.56. The molecule has 0 aromatic rings. The largest absolute Gasteiger partial charge is 0.465 e. The highest BCUT2D eigenvalue weighted by atomic mass is 19.4. The first-order valence-electron chi connectivity index (χ1n) is 5.87. The van der Waals surface area contributed by atoms with E-state index in [1.54, 1.807) is 6.92 Å². The maximum absolute atomic E-state index is 12.3. The highest BCUT2D eigenvalue weighted by Gasteiger charge is 2.46. The Bertz CT molecular complexity index is 308. The zero-order chi connectivity index (χ0) is 14.0. The molecule has 1 fully saturated rings. The summed E-state index contributed by atoms with van der Waals surface area (Å²) in [7, 11) is 0. The zero-order valence-corrected chi connectivity index (χ0v) is 10.4. The van der Waals surface area contributed by atoms with Gasteiger partial charge in [-0.2, -0.15) is 13.2 Å². The van der Waals surface area contributed by atoms with Crippen LogP contribution in [0.4, 0.5) is 13.2 Å². The number of carbonyl (C=O) groups excluding carboxylic acids is 1. The van der Waals surface area contributed by atoms with Gasteiger partial charge in [0.1, 0.15) is 5.54 Å². The van der Waals surface area contributed by atoms with Gasteiger partial charge in [0.2, 0.25) is 0 Å². The molecule has 1 aliphatic carbocycles. The Balaban J connectivity index is 2.53. The minimum absolute atomic E-state index is 0.0618. The van der Waals surface area contributed by atoms with E-state index in [0.29, 0.717) is 6.42 Å². The molecule has 1 rings (SSSR count). The molecule has 0 spiro atoms. The van der Waals surface area contributed by atoms with E-state index in [-0.39, 0.29) is 19.4 Å². The molecule has 1 aliphatic rings. The van der Waals surface area contributed by atoms with Crippen molar-refractivity contribution in [2.75, 3.05) is 6.61 Å². The SMILES string of the molecule is CCOC(=O)C1(N)CCC(OC(C)C(F)(F)F)C1. The first-order chi connectivity index (χ1) is 8.19. The Morgan fingerprint density at radius 3 is 2.67 bits per heavy atom. The molecule has 0 saturated heterocycles. The standard InChI is InChI=1S/C11H18F3NO3/c1-3-17-9(16)10(15)5-4-8(6-10)18-7(2)11(12,13)14/h7-8H,3-6,15H2,1-2H3. The third-order valence-corrected chi connectivity index (χ3v) is 3.04. The van der Waals surface area contributed by atoms with Gasteiger partial charge in [-0.25, -0.2) is 0 Å². The van der Waals surface area contributed by atoms with Crippen LogP contribution in [0.25, 0.3) is 0 Å². The maximum Gasteiger partial charge on any atom is 0.414 e. The quantitative estimate of drug-likeness (QED) is 0.790. The molecule has 1 saturated carbocycles. The van der Waals surface area contributed by atoms with E-state index in [9.17, 15) is 18.0 Å². The van der Waals surface area contributed by atoms with Gasteiger partial charge in [-0.1, -0.05) is 0 Å². The normalized spacial score (nSPS) is 30.2. The van der Waals surface area contributed by atoms with Crippen molar-refractivity contribution >= 4 is 5.97 Å². The van der Waals surface area contributed by atoms with Crippen LogP contribution in [0.5, 0.6) is 0 Å². The summed E-state index contributed by atoms with van der Waals surface area (Å²) in [4.78, 5) is 11.6. The average Bonchev–Trinajstić information content (AvgIpc) is 2.60. The summed E-state index contributed by atoms with van der Waals surface area (Å²) in [5.41, 5.74) is 4.61. The molecule has 0 aromatic heterocycles. The van der Waals surface area contributed by atoms with Gasteiger partial charge in [0.15, 0.2) is 6.10 Å². The van der Waals surface area contributed by atoms with Gasteiger partial charge in [0, 0.05) is 6.42 Å². The van der Waals surface area contributed by atoms with E-state index in [1.165, 1.54) is 0 Å². The van der Waals surface area contributed by atoms with Gasteiger partial charge >= 0.3 is 12.1 Å². The Labute approximate surface area is 104 Å². The summed E-state index contributed by atoms with van der Waals surface area (Å²) >= 11 is 0. The highest BCUT2D eigenvalue weighted by Crippen LogP contribution is 2.34. The van der Waals surface area contributed by atoms with Crippen molar-refractivity contribution in [3.8, 4) is 0 Å². The van der Waals surface area contributed by atoms with Crippen LogP contribution in [0.1, 0.15) is 33.1 Å². The number of rotatable bonds is 4. The molecule has 3 unspecified atom stereocenters. The second-order valence-corrected chi connectivity index (χ2v) is 4.56. The van der Waals surface area contributed by atoms with Crippen molar-refractivity contribution < 1.29 is 27.4 Å². The van der Waals surface area contributed by atoms with E-state index in [4.69, 9.17) is 15.2 Å². The first kappa shape index (κ1) is 15.2. The van der Waals surface area contributed by atoms with Crippen molar-refractivity contribution in [1.82, 2.24) is 0 Å². The number of esters is 1. The molecule has 0 radical (unpaired) electrons. The number of hydrogen-bond donors (Lipinski definition) is 1. The number of ether oxygens (including phenoxy) is 2. The van der Waals surface area contributed by atoms with Gasteiger partial charge in [-0.3, -0.25) is 4.79 Å². The predicted molar refractivity (Wildman–Crippen MR) is 57.8 cm³/mol. The molecule has 4 nitrogen and oxygen atoms in total. The topological polar surface area (TPSA) is 61.5 Å². The van der Waals surface area contributed by atoms with E-state index in [1.807, 2.05) is 0 Å². The highest BCUT2D eigenvalue weighted by molar-refractivity contribution is 5.81. The number of nitrogens with two attached hydrogens (primary N) is 1. The first-order valence-corrected chi connectivity index (χ1v) is 5.87. The number of hydrogen-bond acceptors (Lipinski definition) is 4. The minimum Gasteiger partial charge on any atom is -0.465 e. The minimum atomic E-state index is -4.40. The van der Waals surface area contributed by atoms with Gasteiger partial charge in [0.25, 0.3) is 0 Å². The zero-order valence-electron chi connectivity index (χ0n) is 10.4. The fraction of sp³-hybridized carbons (Fsp3) is 0.909. The summed E-state index contributed by atoms with van der Waals surface area (Å²) < 4.78 is 46.7. The third-order valence-electron chi connectivity index (χ3n) is 3.04. The summed E-state index contributed by atoms with van der Waals surface area (Å²) in [5.74, 6) is -0.573. The van der Waals surface area contributed by atoms with Crippen LogP contribution in [0.2, 0.25) is 0 Å². The lowest BCUT2D eigenvalue weighted by molar-refractivity contribution is -0.226. The summed E-state index contributed by atoms with van der Waals surface area (Å²) in [6, 6.07) is 0. The molecule has 0 aliphatic heterocycles. The molecule has 0 heterocycles. The van der Waals surface area contributed by atoms with E-state index in [0.717, 1.165) is 6.92 Å². The molecule has 3 atom stereocenters. The molecular weight excluding hydrogens is 251 g/mol. The molecule has 0 aromatic carbocycles. The smallest absolute Gasteiger partial charge is 0.414 e. The average molecular weight is 269 g/mol. The van der Waals surface area contributed by atoms with Crippen LogP contribution < -0.4 is 5.73 Å². The Morgan fingerprint density at radius 2 is 2.17 bits per heavy atom. The second kappa shape index (κ2) is 5.44. The van der Waals surface area contributed by atoms with Crippen LogP contribution in [0, 0.1) is 0 Å². The summed E-state index contributed by atoms with van der Waals surface area (Å²) in [6.07, 6.45) is -6.24. The number of alkyl halides is 3. The summed E-state index contributed by atoms with van der Waals surface area (Å²) in [5, 5.41) is 0. The van der Waals surface area contributed by atoms with E-state index in [2.05, 4.69) is 0 Å². The number of halogens is 3. The monoisotopic (exact) mass is 269 g/mol. The van der Waals surface area contributed by atoms with E-state index < -0.39 is 29.9 Å². The van der Waals surface area contributed by atoms with Crippen molar-refractivity contribution in [1.29, 1.82) is 0 Å². The van der Waals surface area contributed by atoms with Gasteiger partial charge in [-0.05, 0) is 26.7 Å². The van der Waals surface area contributed by atoms with Gasteiger partial charge in [-0.15, -0.1) is 0 Å². The van der Waals surface area contributed by atoms with Gasteiger partial charge < -0.3 is 15.2 Å². The fourth-order valence-corrected chi connectivity index (χ4v) is 1.97. The van der Waals surface area contributed by atoms with E-state index >= 15 is 0 Å². The molecule has 7 heteroatoms. The maximum atomic E-state index is 12.3. The van der Waals surface area contributed by atoms with Crippen molar-refractivity contribution in [2.45, 2.75) is 57.0 Å². The predicted octanol–water partition coefficient (Wildman–Crippen LogP) is 1.77. The third kappa shape index (κ3) is 3.58. The van der Waals surface area contributed by atoms with Crippen molar-refractivity contribution in [3.05, 3.63) is 0 Å². The Morgan fingerprint density at radius 1 is 1.56 bits per heavy atom. The van der Waals surface area contributed by atoms with Crippen LogP contribution in [-0.4, -0.2) is 36.5 Å². The fourth-order valence-electron chi connectivity index (χ4n) is 1.97. The molecule has 0 amide bonds. The van der Waals surface area contributed by atoms with Crippen LogP contribution >= 0.6 is 0 Å².